The lowest BCUT2D eigenvalue weighted by atomic mass is 9.99. The van der Waals surface area contributed by atoms with Crippen molar-refractivity contribution in [3.63, 3.8) is 0 Å². The first-order valence-corrected chi connectivity index (χ1v) is 8.17. The topological polar surface area (TPSA) is 43.4 Å². The molecule has 3 rings (SSSR count). The molecule has 1 atom stereocenters. The van der Waals surface area contributed by atoms with Crippen LogP contribution in [0.4, 0.5) is 4.39 Å². The highest BCUT2D eigenvalue weighted by Crippen LogP contribution is 2.24. The van der Waals surface area contributed by atoms with Crippen LogP contribution in [-0.4, -0.2) is 11.8 Å². The van der Waals surface area contributed by atoms with E-state index in [4.69, 9.17) is 4.74 Å². The monoisotopic (exact) mass is 348 g/mol. The molecule has 0 aliphatic rings. The van der Waals surface area contributed by atoms with Crippen LogP contribution in [0.25, 0.3) is 0 Å². The number of carbonyl (C=O) groups excluding carboxylic acids is 2. The van der Waals surface area contributed by atoms with Gasteiger partial charge in [0.25, 0.3) is 0 Å². The Kier molecular flexibility index (Phi) is 5.23. The molecule has 3 nitrogen and oxygen atoms in total. The molecule has 3 aromatic carbocycles. The van der Waals surface area contributed by atoms with Gasteiger partial charge in [-0.15, -0.1) is 0 Å². The molecule has 0 unspecified atom stereocenters. The van der Waals surface area contributed by atoms with Gasteiger partial charge in [0.05, 0.1) is 5.56 Å². The predicted octanol–water partition coefficient (Wildman–Crippen LogP) is 4.92. The van der Waals surface area contributed by atoms with Crippen molar-refractivity contribution in [1.82, 2.24) is 0 Å². The standard InChI is InChI=1S/C22H17FO3/c1-15-7-9-16(10-8-15)20(24)21(17-5-3-2-4-6-17)26-22(25)18-11-13-19(23)14-12-18/h2-14,21H,1H3/t21-/m1/s1. The summed E-state index contributed by atoms with van der Waals surface area (Å²) in [5, 5.41) is 0. The number of ether oxygens (including phenoxy) is 1. The van der Waals surface area contributed by atoms with E-state index in [1.807, 2.05) is 25.1 Å². The smallest absolute Gasteiger partial charge is 0.339 e. The summed E-state index contributed by atoms with van der Waals surface area (Å²) >= 11 is 0. The lowest BCUT2D eigenvalue weighted by Crippen LogP contribution is -2.20. The number of aryl methyl sites for hydroxylation is 1. The van der Waals surface area contributed by atoms with Gasteiger partial charge < -0.3 is 4.74 Å². The van der Waals surface area contributed by atoms with Crippen LogP contribution in [0.15, 0.2) is 78.9 Å². The van der Waals surface area contributed by atoms with Crippen molar-refractivity contribution < 1.29 is 18.7 Å². The average Bonchev–Trinajstić information content (AvgIpc) is 2.67. The van der Waals surface area contributed by atoms with Gasteiger partial charge in [-0.2, -0.15) is 0 Å². The van der Waals surface area contributed by atoms with Gasteiger partial charge in [0.15, 0.2) is 6.10 Å². The van der Waals surface area contributed by atoms with Gasteiger partial charge in [-0.25, -0.2) is 9.18 Å². The van der Waals surface area contributed by atoms with Gasteiger partial charge in [0.1, 0.15) is 5.82 Å². The van der Waals surface area contributed by atoms with E-state index in [-0.39, 0.29) is 11.3 Å². The SMILES string of the molecule is Cc1ccc(C(=O)[C@H](OC(=O)c2ccc(F)cc2)c2ccccc2)cc1. The fourth-order valence-electron chi connectivity index (χ4n) is 2.53. The van der Waals surface area contributed by atoms with Crippen LogP contribution in [0, 0.1) is 12.7 Å². The summed E-state index contributed by atoms with van der Waals surface area (Å²) < 4.78 is 18.6. The molecule has 0 aliphatic carbocycles. The minimum Gasteiger partial charge on any atom is -0.445 e. The number of carbonyl (C=O) groups is 2. The molecule has 0 saturated carbocycles. The van der Waals surface area contributed by atoms with Crippen LogP contribution in [0.2, 0.25) is 0 Å². The van der Waals surface area contributed by atoms with Gasteiger partial charge in [-0.05, 0) is 31.2 Å². The molecule has 0 saturated heterocycles. The molecule has 4 heteroatoms. The minimum absolute atomic E-state index is 0.184. The predicted molar refractivity (Wildman–Crippen MR) is 96.5 cm³/mol. The lowest BCUT2D eigenvalue weighted by Gasteiger charge is -2.17. The van der Waals surface area contributed by atoms with E-state index in [2.05, 4.69) is 0 Å². The van der Waals surface area contributed by atoms with Crippen LogP contribution in [0.1, 0.15) is 37.9 Å². The number of Topliss-reactive ketones (excluding diaryl/α,β-unsaturated/α-hetero) is 1. The zero-order chi connectivity index (χ0) is 18.5. The molecule has 0 N–H and O–H groups in total. The molecule has 0 aromatic heterocycles. The van der Waals surface area contributed by atoms with Crippen molar-refractivity contribution >= 4 is 11.8 Å². The lowest BCUT2D eigenvalue weighted by molar-refractivity contribution is 0.0280. The number of esters is 1. The zero-order valence-corrected chi connectivity index (χ0v) is 14.2. The summed E-state index contributed by atoms with van der Waals surface area (Å²) in [5.41, 5.74) is 2.25. The Morgan fingerprint density at radius 3 is 2.00 bits per heavy atom. The summed E-state index contributed by atoms with van der Waals surface area (Å²) in [4.78, 5) is 25.4. The Balaban J connectivity index is 1.91. The second-order valence-electron chi connectivity index (χ2n) is 5.93. The summed E-state index contributed by atoms with van der Waals surface area (Å²) in [6, 6.07) is 20.9. The van der Waals surface area contributed by atoms with E-state index in [0.717, 1.165) is 5.56 Å². The first-order chi connectivity index (χ1) is 12.5. The first kappa shape index (κ1) is 17.5. The van der Waals surface area contributed by atoms with Gasteiger partial charge in [0.2, 0.25) is 5.78 Å². The second-order valence-corrected chi connectivity index (χ2v) is 5.93. The van der Waals surface area contributed by atoms with E-state index in [0.29, 0.717) is 11.1 Å². The Morgan fingerprint density at radius 1 is 0.808 bits per heavy atom. The van der Waals surface area contributed by atoms with Crippen molar-refractivity contribution in [3.8, 4) is 0 Å². The molecule has 0 spiro atoms. The Morgan fingerprint density at radius 2 is 1.38 bits per heavy atom. The number of benzene rings is 3. The van der Waals surface area contributed by atoms with Crippen molar-refractivity contribution in [3.05, 3.63) is 107 Å². The van der Waals surface area contributed by atoms with Gasteiger partial charge >= 0.3 is 5.97 Å². The van der Waals surface area contributed by atoms with E-state index in [1.165, 1.54) is 24.3 Å². The Labute approximate surface area is 151 Å². The highest BCUT2D eigenvalue weighted by molar-refractivity contribution is 6.02. The molecule has 0 amide bonds. The second kappa shape index (κ2) is 7.74. The van der Waals surface area contributed by atoms with Crippen molar-refractivity contribution in [2.45, 2.75) is 13.0 Å². The summed E-state index contributed by atoms with van der Waals surface area (Å²) in [6.07, 6.45) is -1.07. The average molecular weight is 348 g/mol. The summed E-state index contributed by atoms with van der Waals surface area (Å²) in [5.74, 6) is -1.44. The maximum Gasteiger partial charge on any atom is 0.339 e. The highest BCUT2D eigenvalue weighted by atomic mass is 19.1. The number of hydrogen-bond donors (Lipinski definition) is 0. The zero-order valence-electron chi connectivity index (χ0n) is 14.2. The van der Waals surface area contributed by atoms with Crippen LogP contribution in [0.5, 0.6) is 0 Å². The van der Waals surface area contributed by atoms with E-state index < -0.39 is 17.9 Å². The maximum absolute atomic E-state index is 13.1. The van der Waals surface area contributed by atoms with Gasteiger partial charge in [-0.3, -0.25) is 4.79 Å². The molecular weight excluding hydrogens is 331 g/mol. The largest absolute Gasteiger partial charge is 0.445 e. The number of rotatable bonds is 5. The van der Waals surface area contributed by atoms with Crippen molar-refractivity contribution in [2.24, 2.45) is 0 Å². The fourth-order valence-corrected chi connectivity index (χ4v) is 2.53. The third kappa shape index (κ3) is 4.03. The molecule has 3 aromatic rings. The van der Waals surface area contributed by atoms with Crippen molar-refractivity contribution in [2.75, 3.05) is 0 Å². The first-order valence-electron chi connectivity index (χ1n) is 8.17. The third-order valence-corrected chi connectivity index (χ3v) is 3.98. The molecule has 0 heterocycles. The van der Waals surface area contributed by atoms with E-state index in [9.17, 15) is 14.0 Å². The number of hydrogen-bond acceptors (Lipinski definition) is 3. The Hall–Kier alpha value is -3.27. The highest BCUT2D eigenvalue weighted by Gasteiger charge is 2.26. The van der Waals surface area contributed by atoms with Crippen LogP contribution < -0.4 is 0 Å². The summed E-state index contributed by atoms with van der Waals surface area (Å²) in [7, 11) is 0. The molecule has 0 fully saturated rings. The quantitative estimate of drug-likeness (QED) is 0.486. The minimum atomic E-state index is -1.07. The van der Waals surface area contributed by atoms with E-state index in [1.54, 1.807) is 36.4 Å². The molecule has 26 heavy (non-hydrogen) atoms. The van der Waals surface area contributed by atoms with Crippen LogP contribution >= 0.6 is 0 Å². The Bertz CT molecular complexity index is 900. The number of ketones is 1. The maximum atomic E-state index is 13.1. The van der Waals surface area contributed by atoms with Gasteiger partial charge in [-0.1, -0.05) is 60.2 Å². The molecule has 130 valence electrons. The van der Waals surface area contributed by atoms with Crippen LogP contribution in [-0.2, 0) is 4.74 Å². The van der Waals surface area contributed by atoms with E-state index >= 15 is 0 Å². The number of halogens is 1. The molecule has 0 radical (unpaired) electrons. The fraction of sp³-hybridized carbons (Fsp3) is 0.0909. The molecule has 0 bridgehead atoms. The van der Waals surface area contributed by atoms with Crippen molar-refractivity contribution in [1.29, 1.82) is 0 Å². The van der Waals surface area contributed by atoms with Crippen LogP contribution in [0.3, 0.4) is 0 Å². The molecule has 0 aliphatic heterocycles. The normalized spacial score (nSPS) is 11.6. The molecular formula is C22H17FO3. The van der Waals surface area contributed by atoms with Gasteiger partial charge in [0, 0.05) is 11.1 Å². The summed E-state index contributed by atoms with van der Waals surface area (Å²) in [6.45, 7) is 1.93. The third-order valence-electron chi connectivity index (χ3n) is 3.98.